The molecule has 120 valence electrons. The molecule has 3 rings (SSSR count). The van der Waals surface area contributed by atoms with Gasteiger partial charge in [0.1, 0.15) is 0 Å². The maximum absolute atomic E-state index is 12.7. The van der Waals surface area contributed by atoms with Crippen molar-refractivity contribution in [3.8, 4) is 11.5 Å². The van der Waals surface area contributed by atoms with Crippen molar-refractivity contribution in [3.05, 3.63) is 53.1 Å². The van der Waals surface area contributed by atoms with Crippen LogP contribution in [0.4, 0.5) is 5.69 Å². The quantitative estimate of drug-likeness (QED) is 0.900. The van der Waals surface area contributed by atoms with Gasteiger partial charge in [-0.25, -0.2) is 0 Å². The van der Waals surface area contributed by atoms with Crippen LogP contribution in [0.2, 0.25) is 5.02 Å². The fraction of sp³-hybridized carbons (Fsp3) is 0.278. The number of methoxy groups -OCH3 is 2. The van der Waals surface area contributed by atoms with E-state index in [-0.39, 0.29) is 5.91 Å². The lowest BCUT2D eigenvalue weighted by atomic mass is 9.94. The number of halogens is 1. The summed E-state index contributed by atoms with van der Waals surface area (Å²) in [6.45, 7) is 0. The number of ether oxygens (including phenoxy) is 2. The van der Waals surface area contributed by atoms with Crippen LogP contribution >= 0.6 is 11.6 Å². The molecule has 2 aromatic rings. The van der Waals surface area contributed by atoms with Gasteiger partial charge in [-0.15, -0.1) is 0 Å². The lowest BCUT2D eigenvalue weighted by Gasteiger charge is -2.18. The Kier molecular flexibility index (Phi) is 4.18. The Bertz CT molecular complexity index is 724. The van der Waals surface area contributed by atoms with Crippen LogP contribution < -0.4 is 14.8 Å². The number of nitrogens with one attached hydrogen (secondary N) is 1. The van der Waals surface area contributed by atoms with Crippen LogP contribution in [0.25, 0.3) is 0 Å². The lowest BCUT2D eigenvalue weighted by Crippen LogP contribution is -2.27. The van der Waals surface area contributed by atoms with Crippen LogP contribution in [0, 0.1) is 0 Å². The minimum Gasteiger partial charge on any atom is -0.493 e. The molecule has 2 aromatic carbocycles. The highest BCUT2D eigenvalue weighted by atomic mass is 35.5. The van der Waals surface area contributed by atoms with E-state index in [1.807, 2.05) is 18.2 Å². The Morgan fingerprint density at radius 2 is 1.70 bits per heavy atom. The molecule has 0 saturated heterocycles. The fourth-order valence-corrected chi connectivity index (χ4v) is 2.82. The van der Waals surface area contributed by atoms with Crippen molar-refractivity contribution in [2.75, 3.05) is 19.5 Å². The summed E-state index contributed by atoms with van der Waals surface area (Å²) in [5.41, 5.74) is 1.20. The Balaban J connectivity index is 1.84. The molecule has 1 aliphatic carbocycles. The van der Waals surface area contributed by atoms with Crippen molar-refractivity contribution >= 4 is 23.2 Å². The van der Waals surface area contributed by atoms with Crippen LogP contribution in [-0.4, -0.2) is 20.1 Å². The second-order valence-corrected chi connectivity index (χ2v) is 6.05. The lowest BCUT2D eigenvalue weighted by molar-refractivity contribution is -0.118. The van der Waals surface area contributed by atoms with E-state index in [4.69, 9.17) is 21.1 Å². The number of carbonyl (C=O) groups is 1. The van der Waals surface area contributed by atoms with E-state index in [2.05, 4.69) is 5.32 Å². The molecule has 0 unspecified atom stereocenters. The second-order valence-electron chi connectivity index (χ2n) is 5.61. The number of amides is 1. The van der Waals surface area contributed by atoms with Crippen molar-refractivity contribution < 1.29 is 14.3 Å². The molecule has 5 heteroatoms. The molecular weight excluding hydrogens is 314 g/mol. The molecule has 1 fully saturated rings. The maximum Gasteiger partial charge on any atom is 0.235 e. The standard InChI is InChI=1S/C18H18ClNO3/c1-22-15-8-3-12(11-16(15)23-2)18(9-10-18)17(21)20-14-6-4-13(19)5-7-14/h3-8,11H,9-10H2,1-2H3,(H,20,21). The number of benzene rings is 2. The molecule has 0 heterocycles. The van der Waals surface area contributed by atoms with E-state index in [1.54, 1.807) is 38.5 Å². The van der Waals surface area contributed by atoms with E-state index in [9.17, 15) is 4.79 Å². The molecule has 1 saturated carbocycles. The molecular formula is C18H18ClNO3. The van der Waals surface area contributed by atoms with Gasteiger partial charge in [-0.1, -0.05) is 17.7 Å². The smallest absolute Gasteiger partial charge is 0.235 e. The first-order valence-corrected chi connectivity index (χ1v) is 7.76. The summed E-state index contributed by atoms with van der Waals surface area (Å²) in [6, 6.07) is 12.8. The van der Waals surface area contributed by atoms with E-state index < -0.39 is 5.41 Å². The Morgan fingerprint density at radius 3 is 2.26 bits per heavy atom. The highest BCUT2D eigenvalue weighted by molar-refractivity contribution is 6.30. The Morgan fingerprint density at radius 1 is 1.04 bits per heavy atom. The zero-order valence-corrected chi connectivity index (χ0v) is 13.8. The average molecular weight is 332 g/mol. The molecule has 1 N–H and O–H groups in total. The summed E-state index contributed by atoms with van der Waals surface area (Å²) in [5, 5.41) is 3.61. The summed E-state index contributed by atoms with van der Waals surface area (Å²) >= 11 is 5.87. The highest BCUT2D eigenvalue weighted by Gasteiger charge is 2.51. The van der Waals surface area contributed by atoms with Crippen molar-refractivity contribution in [1.29, 1.82) is 0 Å². The van der Waals surface area contributed by atoms with Gasteiger partial charge in [-0.05, 0) is 54.8 Å². The van der Waals surface area contributed by atoms with Gasteiger partial charge in [0.15, 0.2) is 11.5 Å². The van der Waals surface area contributed by atoms with Gasteiger partial charge in [-0.2, -0.15) is 0 Å². The van der Waals surface area contributed by atoms with Crippen molar-refractivity contribution in [2.24, 2.45) is 0 Å². The van der Waals surface area contributed by atoms with Gasteiger partial charge in [0.2, 0.25) is 5.91 Å². The molecule has 0 radical (unpaired) electrons. The van der Waals surface area contributed by atoms with E-state index in [0.29, 0.717) is 16.5 Å². The number of hydrogen-bond donors (Lipinski definition) is 1. The molecule has 0 spiro atoms. The molecule has 1 amide bonds. The molecule has 1 aliphatic rings. The third kappa shape index (κ3) is 2.99. The van der Waals surface area contributed by atoms with Gasteiger partial charge >= 0.3 is 0 Å². The third-order valence-corrected chi connectivity index (χ3v) is 4.47. The molecule has 0 aromatic heterocycles. The number of hydrogen-bond acceptors (Lipinski definition) is 3. The molecule has 0 atom stereocenters. The average Bonchev–Trinajstić information content (AvgIpc) is 3.38. The van der Waals surface area contributed by atoms with Gasteiger partial charge in [0.25, 0.3) is 0 Å². The molecule has 0 bridgehead atoms. The molecule has 4 nitrogen and oxygen atoms in total. The monoisotopic (exact) mass is 331 g/mol. The Labute approximate surface area is 140 Å². The zero-order valence-electron chi connectivity index (χ0n) is 13.1. The highest BCUT2D eigenvalue weighted by Crippen LogP contribution is 2.50. The predicted molar refractivity (Wildman–Crippen MR) is 90.5 cm³/mol. The van der Waals surface area contributed by atoms with E-state index in [1.165, 1.54) is 0 Å². The third-order valence-electron chi connectivity index (χ3n) is 4.22. The van der Waals surface area contributed by atoms with Crippen LogP contribution in [0.3, 0.4) is 0 Å². The first-order valence-electron chi connectivity index (χ1n) is 7.38. The minimum atomic E-state index is -0.487. The van der Waals surface area contributed by atoms with Crippen LogP contribution in [0.5, 0.6) is 11.5 Å². The largest absolute Gasteiger partial charge is 0.493 e. The van der Waals surface area contributed by atoms with Gasteiger partial charge < -0.3 is 14.8 Å². The number of anilines is 1. The first kappa shape index (κ1) is 15.7. The SMILES string of the molecule is COc1ccc(C2(C(=O)Nc3ccc(Cl)cc3)CC2)cc1OC. The van der Waals surface area contributed by atoms with E-state index >= 15 is 0 Å². The van der Waals surface area contributed by atoms with Gasteiger partial charge in [0.05, 0.1) is 19.6 Å². The summed E-state index contributed by atoms with van der Waals surface area (Å²) in [7, 11) is 3.19. The summed E-state index contributed by atoms with van der Waals surface area (Å²) in [5.74, 6) is 1.28. The summed E-state index contributed by atoms with van der Waals surface area (Å²) < 4.78 is 10.6. The van der Waals surface area contributed by atoms with Gasteiger partial charge in [-0.3, -0.25) is 4.79 Å². The number of rotatable bonds is 5. The maximum atomic E-state index is 12.7. The first-order chi connectivity index (χ1) is 11.1. The van der Waals surface area contributed by atoms with Crippen LogP contribution in [-0.2, 0) is 10.2 Å². The van der Waals surface area contributed by atoms with Crippen molar-refractivity contribution in [1.82, 2.24) is 0 Å². The van der Waals surface area contributed by atoms with Crippen LogP contribution in [0.15, 0.2) is 42.5 Å². The minimum absolute atomic E-state index is 0.00737. The van der Waals surface area contributed by atoms with Crippen molar-refractivity contribution in [2.45, 2.75) is 18.3 Å². The summed E-state index contributed by atoms with van der Waals surface area (Å²) in [6.07, 6.45) is 1.64. The topological polar surface area (TPSA) is 47.6 Å². The van der Waals surface area contributed by atoms with Crippen molar-refractivity contribution in [3.63, 3.8) is 0 Å². The predicted octanol–water partition coefficient (Wildman–Crippen LogP) is 4.03. The summed E-state index contributed by atoms with van der Waals surface area (Å²) in [4.78, 5) is 12.7. The van der Waals surface area contributed by atoms with Crippen LogP contribution in [0.1, 0.15) is 18.4 Å². The zero-order chi connectivity index (χ0) is 16.4. The molecule has 23 heavy (non-hydrogen) atoms. The fourth-order valence-electron chi connectivity index (χ4n) is 2.69. The van der Waals surface area contributed by atoms with E-state index in [0.717, 1.165) is 24.1 Å². The van der Waals surface area contributed by atoms with Gasteiger partial charge in [0, 0.05) is 10.7 Å². The normalized spacial score (nSPS) is 14.9. The molecule has 0 aliphatic heterocycles. The second kappa shape index (κ2) is 6.13. The number of carbonyl (C=O) groups excluding carboxylic acids is 1. The Hall–Kier alpha value is -2.20.